The molecule has 0 amide bonds. The predicted molar refractivity (Wildman–Crippen MR) is 53.5 cm³/mol. The monoisotopic (exact) mass is 221 g/mol. The lowest BCUT2D eigenvalue weighted by molar-refractivity contribution is -0.931. The SMILES string of the molecule is ClC(N1CCOCC1)[NH+]1CCOCC1. The van der Waals surface area contributed by atoms with Crippen LogP contribution in [0, 0.1) is 0 Å². The van der Waals surface area contributed by atoms with Gasteiger partial charge in [-0.1, -0.05) is 0 Å². The maximum absolute atomic E-state index is 6.42. The molecule has 1 atom stereocenters. The fourth-order valence-corrected chi connectivity index (χ4v) is 2.35. The second-order valence-corrected chi connectivity index (χ2v) is 4.17. The molecule has 1 N–H and O–H groups in total. The van der Waals surface area contributed by atoms with Crippen LogP contribution in [0.4, 0.5) is 0 Å². The molecule has 0 spiro atoms. The number of nitrogens with zero attached hydrogens (tertiary/aromatic N) is 1. The normalized spacial score (nSPS) is 28.9. The summed E-state index contributed by atoms with van der Waals surface area (Å²) in [6, 6.07) is 0. The van der Waals surface area contributed by atoms with Gasteiger partial charge in [-0.05, 0) is 11.6 Å². The molecule has 2 aliphatic heterocycles. The molecule has 4 nitrogen and oxygen atoms in total. The molecule has 2 heterocycles. The van der Waals surface area contributed by atoms with Crippen LogP contribution in [0.2, 0.25) is 0 Å². The lowest BCUT2D eigenvalue weighted by atomic mass is 10.4. The Hall–Kier alpha value is 0.130. The van der Waals surface area contributed by atoms with Crippen LogP contribution in [0.1, 0.15) is 0 Å². The third-order valence-electron chi connectivity index (χ3n) is 2.84. The number of hydrogen-bond acceptors (Lipinski definition) is 3. The van der Waals surface area contributed by atoms with E-state index < -0.39 is 0 Å². The van der Waals surface area contributed by atoms with Gasteiger partial charge >= 0.3 is 0 Å². The highest BCUT2D eigenvalue weighted by Crippen LogP contribution is 2.02. The summed E-state index contributed by atoms with van der Waals surface area (Å²) >= 11 is 6.42. The molecule has 1 unspecified atom stereocenters. The Labute approximate surface area is 89.7 Å². The van der Waals surface area contributed by atoms with E-state index in [0.717, 1.165) is 52.6 Å². The van der Waals surface area contributed by atoms with Gasteiger partial charge in [0.2, 0.25) is 5.62 Å². The number of halogens is 1. The van der Waals surface area contributed by atoms with E-state index in [9.17, 15) is 0 Å². The lowest BCUT2D eigenvalue weighted by Crippen LogP contribution is -3.18. The maximum Gasteiger partial charge on any atom is 0.222 e. The number of rotatable bonds is 2. The minimum atomic E-state index is 0.0998. The summed E-state index contributed by atoms with van der Waals surface area (Å²) in [5, 5.41) is 0. The van der Waals surface area contributed by atoms with Crippen molar-refractivity contribution < 1.29 is 14.4 Å². The highest BCUT2D eigenvalue weighted by atomic mass is 35.5. The average Bonchev–Trinajstić information content (AvgIpc) is 2.30. The van der Waals surface area contributed by atoms with E-state index in [4.69, 9.17) is 21.1 Å². The van der Waals surface area contributed by atoms with Crippen molar-refractivity contribution in [2.24, 2.45) is 0 Å². The van der Waals surface area contributed by atoms with Crippen molar-refractivity contribution in [2.45, 2.75) is 5.62 Å². The number of quaternary nitrogens is 1. The van der Waals surface area contributed by atoms with Crippen molar-refractivity contribution in [1.29, 1.82) is 0 Å². The Kier molecular flexibility index (Phi) is 4.01. The van der Waals surface area contributed by atoms with E-state index in [-0.39, 0.29) is 5.62 Å². The summed E-state index contributed by atoms with van der Waals surface area (Å²) in [5.74, 6) is 0. The van der Waals surface area contributed by atoms with Crippen molar-refractivity contribution in [1.82, 2.24) is 4.90 Å². The van der Waals surface area contributed by atoms with Gasteiger partial charge in [0.05, 0.1) is 26.4 Å². The molecule has 2 aliphatic rings. The minimum Gasteiger partial charge on any atom is -0.379 e. The largest absolute Gasteiger partial charge is 0.379 e. The van der Waals surface area contributed by atoms with E-state index in [2.05, 4.69) is 4.90 Å². The molecule has 0 radical (unpaired) electrons. The van der Waals surface area contributed by atoms with Crippen molar-refractivity contribution in [3.63, 3.8) is 0 Å². The molecule has 2 fully saturated rings. The quantitative estimate of drug-likeness (QED) is 0.467. The number of ether oxygens (including phenoxy) is 2. The van der Waals surface area contributed by atoms with E-state index in [1.165, 1.54) is 4.90 Å². The van der Waals surface area contributed by atoms with Crippen LogP contribution in [-0.4, -0.2) is 63.1 Å². The summed E-state index contributed by atoms with van der Waals surface area (Å²) < 4.78 is 10.6. The second-order valence-electron chi connectivity index (χ2n) is 3.75. The fraction of sp³-hybridized carbons (Fsp3) is 1.00. The zero-order chi connectivity index (χ0) is 9.80. The standard InChI is InChI=1S/C9H17ClN2O2/c10-9(11-1-5-13-6-2-11)12-3-7-14-8-4-12/h9H,1-8H2/p+1. The van der Waals surface area contributed by atoms with Gasteiger partial charge < -0.3 is 14.4 Å². The van der Waals surface area contributed by atoms with Gasteiger partial charge in [0.25, 0.3) is 0 Å². The average molecular weight is 222 g/mol. The van der Waals surface area contributed by atoms with Gasteiger partial charge in [-0.25, -0.2) is 4.90 Å². The first kappa shape index (κ1) is 10.6. The van der Waals surface area contributed by atoms with Crippen molar-refractivity contribution in [3.05, 3.63) is 0 Å². The van der Waals surface area contributed by atoms with Gasteiger partial charge in [-0.2, -0.15) is 0 Å². The molecule has 0 aromatic carbocycles. The van der Waals surface area contributed by atoms with Gasteiger partial charge in [0.15, 0.2) is 0 Å². The molecule has 0 bridgehead atoms. The van der Waals surface area contributed by atoms with Gasteiger partial charge in [0, 0.05) is 13.1 Å². The first-order valence-electron chi connectivity index (χ1n) is 5.26. The molecular weight excluding hydrogens is 204 g/mol. The Morgan fingerprint density at radius 2 is 1.57 bits per heavy atom. The van der Waals surface area contributed by atoms with Crippen LogP contribution in [0.3, 0.4) is 0 Å². The Morgan fingerprint density at radius 3 is 2.21 bits per heavy atom. The number of morpholine rings is 2. The Bertz CT molecular complexity index is 152. The Balaban J connectivity index is 1.82. The molecule has 82 valence electrons. The zero-order valence-electron chi connectivity index (χ0n) is 8.38. The van der Waals surface area contributed by atoms with Crippen molar-refractivity contribution in [2.75, 3.05) is 52.6 Å². The second kappa shape index (κ2) is 5.28. The van der Waals surface area contributed by atoms with Crippen LogP contribution in [0.15, 0.2) is 0 Å². The fourth-order valence-electron chi connectivity index (χ4n) is 1.93. The molecule has 0 saturated carbocycles. The van der Waals surface area contributed by atoms with E-state index >= 15 is 0 Å². The van der Waals surface area contributed by atoms with Crippen LogP contribution >= 0.6 is 11.6 Å². The van der Waals surface area contributed by atoms with E-state index in [1.54, 1.807) is 0 Å². The summed E-state index contributed by atoms with van der Waals surface area (Å²) in [5.41, 5.74) is 0.0998. The molecular formula is C9H18ClN2O2+. The highest BCUT2D eigenvalue weighted by Gasteiger charge is 2.29. The van der Waals surface area contributed by atoms with Crippen LogP contribution < -0.4 is 4.90 Å². The molecule has 0 aromatic heterocycles. The van der Waals surface area contributed by atoms with Crippen LogP contribution in [-0.2, 0) is 9.47 Å². The number of hydrogen-bond donors (Lipinski definition) is 1. The summed E-state index contributed by atoms with van der Waals surface area (Å²) in [7, 11) is 0. The van der Waals surface area contributed by atoms with Gasteiger partial charge in [0.1, 0.15) is 13.1 Å². The first-order chi connectivity index (χ1) is 6.88. The van der Waals surface area contributed by atoms with Crippen molar-refractivity contribution in [3.8, 4) is 0 Å². The van der Waals surface area contributed by atoms with E-state index in [0.29, 0.717) is 0 Å². The van der Waals surface area contributed by atoms with Crippen LogP contribution in [0.25, 0.3) is 0 Å². The van der Waals surface area contributed by atoms with Crippen molar-refractivity contribution >= 4 is 11.6 Å². The van der Waals surface area contributed by atoms with E-state index in [1.807, 2.05) is 0 Å². The summed E-state index contributed by atoms with van der Waals surface area (Å²) in [6.45, 7) is 7.25. The lowest BCUT2D eigenvalue weighted by Gasteiger charge is -2.36. The maximum atomic E-state index is 6.42. The smallest absolute Gasteiger partial charge is 0.222 e. The summed E-state index contributed by atoms with van der Waals surface area (Å²) in [6.07, 6.45) is 0. The van der Waals surface area contributed by atoms with Crippen LogP contribution in [0.5, 0.6) is 0 Å². The molecule has 5 heteroatoms. The predicted octanol–water partition coefficient (Wildman–Crippen LogP) is -1.24. The van der Waals surface area contributed by atoms with Gasteiger partial charge in [-0.3, -0.25) is 0 Å². The van der Waals surface area contributed by atoms with Gasteiger partial charge in [-0.15, -0.1) is 0 Å². The molecule has 0 aliphatic carbocycles. The first-order valence-corrected chi connectivity index (χ1v) is 5.70. The molecule has 0 aromatic rings. The number of nitrogens with one attached hydrogen (secondary N) is 1. The molecule has 2 saturated heterocycles. The third kappa shape index (κ3) is 2.58. The highest BCUT2D eigenvalue weighted by molar-refractivity contribution is 6.19. The topological polar surface area (TPSA) is 26.1 Å². The minimum absolute atomic E-state index is 0.0998. The molecule has 2 rings (SSSR count). The Morgan fingerprint density at radius 1 is 1.00 bits per heavy atom. The third-order valence-corrected chi connectivity index (χ3v) is 3.42. The number of alkyl halides is 1. The summed E-state index contributed by atoms with van der Waals surface area (Å²) in [4.78, 5) is 3.73. The zero-order valence-corrected chi connectivity index (χ0v) is 9.13. The molecule has 14 heavy (non-hydrogen) atoms.